The number of nitrogens with one attached hydrogen (secondary N) is 5. The molecule has 2 rings (SSSR count). The van der Waals surface area contributed by atoms with Crippen molar-refractivity contribution in [3.05, 3.63) is 35.9 Å². The fraction of sp³-hybridized carbons (Fsp3) is 0.615. The first kappa shape index (κ1) is 50.3. The number of likely N-dealkylation sites (tertiary alicyclic amines) is 1. The van der Waals surface area contributed by atoms with Crippen LogP contribution in [0.5, 0.6) is 0 Å². The van der Waals surface area contributed by atoms with Crippen molar-refractivity contribution >= 4 is 53.3 Å². The smallest absolute Gasteiger partial charge is 0.326 e. The molecular weight excluding hydrogens is 782 g/mol. The molecule has 1 aromatic rings. The summed E-state index contributed by atoms with van der Waals surface area (Å²) in [6.07, 6.45) is 0.238. The number of hydrogen-bond donors (Lipinski definition) is 11. The number of carboxylic acids is 1. The molecule has 1 fully saturated rings. The van der Waals surface area contributed by atoms with E-state index in [-0.39, 0.29) is 69.4 Å². The molecule has 0 aromatic heterocycles. The summed E-state index contributed by atoms with van der Waals surface area (Å²) in [5, 5.41) is 32.1. The molecule has 1 heterocycles. The first-order valence-electron chi connectivity index (χ1n) is 20.0. The van der Waals surface area contributed by atoms with Crippen molar-refractivity contribution in [3.8, 4) is 0 Å². The summed E-state index contributed by atoms with van der Waals surface area (Å²) in [6.45, 7) is 6.71. The second kappa shape index (κ2) is 24.9. The lowest BCUT2D eigenvalue weighted by atomic mass is 9.98. The standard InChI is InChI=1S/C39H63N11O10/c1-21(2)16-26(47-35(56)27(17-22(3)4)48-36(57)28(46-32(53)24(40)20-51)18-23-10-6-5-7-11-23)34(55)45-25(12-8-14-44-39(42)43)33(54)49-29(19-31(41)52)37(58)50-15-9-13-30(50)38(59)60/h5-7,10-11,21-22,24-30,51H,8-9,12-20,40H2,1-4H3,(H2,41,52)(H,45,55)(H,46,53)(H,47,56)(H,48,57)(H,49,54)(H,59,60)(H4,42,43,44)/t24-,25-,26-,27+,28-,29-,30-/m0/s1. The highest BCUT2D eigenvalue weighted by Crippen LogP contribution is 2.20. The Morgan fingerprint density at radius 3 is 1.75 bits per heavy atom. The van der Waals surface area contributed by atoms with Gasteiger partial charge in [0.2, 0.25) is 41.4 Å². The van der Waals surface area contributed by atoms with E-state index in [4.69, 9.17) is 22.9 Å². The molecule has 0 saturated carbocycles. The van der Waals surface area contributed by atoms with E-state index in [0.29, 0.717) is 12.0 Å². The molecule has 0 bridgehead atoms. The number of benzene rings is 1. The highest BCUT2D eigenvalue weighted by molar-refractivity contribution is 5.98. The molecule has 15 N–H and O–H groups in total. The highest BCUT2D eigenvalue weighted by atomic mass is 16.4. The molecule has 21 nitrogen and oxygen atoms in total. The van der Waals surface area contributed by atoms with Crippen LogP contribution in [0.3, 0.4) is 0 Å². The van der Waals surface area contributed by atoms with Crippen LogP contribution in [0.15, 0.2) is 35.3 Å². The first-order valence-corrected chi connectivity index (χ1v) is 20.0. The Kier molecular flexibility index (Phi) is 20.9. The topological polar surface area (TPSA) is 357 Å². The minimum atomic E-state index is -1.55. The molecule has 1 aromatic carbocycles. The molecule has 7 atom stereocenters. The number of aliphatic carboxylic acids is 1. The van der Waals surface area contributed by atoms with E-state index in [9.17, 15) is 48.6 Å². The lowest BCUT2D eigenvalue weighted by molar-refractivity contribution is -0.149. The van der Waals surface area contributed by atoms with E-state index in [2.05, 4.69) is 31.6 Å². The van der Waals surface area contributed by atoms with Gasteiger partial charge in [-0.2, -0.15) is 0 Å². The Hall–Kier alpha value is -5.83. The number of aliphatic hydroxyl groups excluding tert-OH is 1. The number of aliphatic hydroxyl groups is 1. The summed E-state index contributed by atoms with van der Waals surface area (Å²) in [4.78, 5) is 111. The van der Waals surface area contributed by atoms with Gasteiger partial charge in [-0.05, 0) is 55.9 Å². The van der Waals surface area contributed by atoms with Crippen LogP contribution >= 0.6 is 0 Å². The second-order valence-electron chi connectivity index (χ2n) is 15.7. The van der Waals surface area contributed by atoms with Gasteiger partial charge < -0.3 is 64.6 Å². The third-order valence-corrected chi connectivity index (χ3v) is 9.55. The summed E-state index contributed by atoms with van der Waals surface area (Å²) in [5.74, 6) is -7.45. The number of amides is 7. The molecule has 7 amide bonds. The summed E-state index contributed by atoms with van der Waals surface area (Å²) in [6, 6.07) is -0.236. The van der Waals surface area contributed by atoms with Gasteiger partial charge in [0.15, 0.2) is 5.96 Å². The Labute approximate surface area is 349 Å². The average molecular weight is 846 g/mol. The number of carbonyl (C=O) groups excluding carboxylic acids is 7. The van der Waals surface area contributed by atoms with Gasteiger partial charge >= 0.3 is 5.97 Å². The molecule has 21 heteroatoms. The van der Waals surface area contributed by atoms with Crippen LogP contribution in [0.2, 0.25) is 0 Å². The van der Waals surface area contributed by atoms with Crippen LogP contribution < -0.4 is 49.5 Å². The Bertz CT molecular complexity index is 1670. The molecule has 0 spiro atoms. The maximum absolute atomic E-state index is 14.0. The fourth-order valence-electron chi connectivity index (χ4n) is 6.58. The van der Waals surface area contributed by atoms with Crippen LogP contribution in [-0.4, -0.2) is 130 Å². The average Bonchev–Trinajstić information content (AvgIpc) is 3.67. The number of rotatable bonds is 25. The molecule has 334 valence electrons. The van der Waals surface area contributed by atoms with Gasteiger partial charge in [0.1, 0.15) is 42.3 Å². The number of nitrogens with two attached hydrogens (primary N) is 4. The van der Waals surface area contributed by atoms with Crippen molar-refractivity contribution in [2.45, 2.75) is 121 Å². The number of aliphatic imine (C=N–C) groups is 1. The van der Waals surface area contributed by atoms with Crippen LogP contribution in [-0.2, 0) is 44.8 Å². The molecule has 1 aliphatic heterocycles. The van der Waals surface area contributed by atoms with Crippen LogP contribution in [0, 0.1) is 11.8 Å². The van der Waals surface area contributed by atoms with Crippen molar-refractivity contribution in [1.29, 1.82) is 0 Å². The number of guanidine groups is 1. The molecule has 1 aliphatic rings. The Balaban J connectivity index is 2.39. The van der Waals surface area contributed by atoms with Gasteiger partial charge in [0.05, 0.1) is 13.0 Å². The van der Waals surface area contributed by atoms with E-state index in [1.807, 2.05) is 13.8 Å². The lowest BCUT2D eigenvalue weighted by Gasteiger charge is -2.29. The molecule has 0 aliphatic carbocycles. The van der Waals surface area contributed by atoms with Crippen molar-refractivity contribution in [1.82, 2.24) is 31.5 Å². The van der Waals surface area contributed by atoms with Gasteiger partial charge in [-0.25, -0.2) is 4.79 Å². The zero-order valence-corrected chi connectivity index (χ0v) is 34.7. The third-order valence-electron chi connectivity index (χ3n) is 9.55. The monoisotopic (exact) mass is 845 g/mol. The molecule has 0 radical (unpaired) electrons. The minimum Gasteiger partial charge on any atom is -0.480 e. The van der Waals surface area contributed by atoms with Crippen molar-refractivity contribution in [3.63, 3.8) is 0 Å². The molecule has 0 unspecified atom stereocenters. The zero-order valence-electron chi connectivity index (χ0n) is 34.7. The number of carboxylic acid groups (broad SMARTS) is 1. The highest BCUT2D eigenvalue weighted by Gasteiger charge is 2.39. The minimum absolute atomic E-state index is 0.0294. The van der Waals surface area contributed by atoms with Crippen molar-refractivity contribution in [2.75, 3.05) is 19.7 Å². The maximum atomic E-state index is 14.0. The van der Waals surface area contributed by atoms with Gasteiger partial charge in [-0.1, -0.05) is 58.0 Å². The third kappa shape index (κ3) is 17.2. The Morgan fingerprint density at radius 2 is 1.25 bits per heavy atom. The largest absolute Gasteiger partial charge is 0.480 e. The van der Waals surface area contributed by atoms with Gasteiger partial charge in [0, 0.05) is 19.5 Å². The normalized spacial score (nSPS) is 16.7. The van der Waals surface area contributed by atoms with Crippen molar-refractivity contribution < 1.29 is 48.6 Å². The number of primary amides is 1. The first-order chi connectivity index (χ1) is 28.2. The quantitative estimate of drug-likeness (QED) is 0.0267. The summed E-state index contributed by atoms with van der Waals surface area (Å²) >= 11 is 0. The predicted octanol–water partition coefficient (Wildman–Crippen LogP) is -2.93. The second-order valence-corrected chi connectivity index (χ2v) is 15.7. The van der Waals surface area contributed by atoms with E-state index >= 15 is 0 Å². The zero-order chi connectivity index (χ0) is 45.1. The van der Waals surface area contributed by atoms with E-state index in [1.165, 1.54) is 0 Å². The van der Waals surface area contributed by atoms with E-state index in [0.717, 1.165) is 4.90 Å². The lowest BCUT2D eigenvalue weighted by Crippen LogP contribution is -2.60. The van der Waals surface area contributed by atoms with Gasteiger partial charge in [0.25, 0.3) is 0 Å². The summed E-state index contributed by atoms with van der Waals surface area (Å²) in [5.41, 5.74) is 22.7. The fourth-order valence-corrected chi connectivity index (χ4v) is 6.58. The molecule has 60 heavy (non-hydrogen) atoms. The maximum Gasteiger partial charge on any atom is 0.326 e. The number of hydrogen-bond acceptors (Lipinski definition) is 11. The number of carbonyl (C=O) groups is 8. The van der Waals surface area contributed by atoms with Crippen LogP contribution in [0.1, 0.15) is 78.2 Å². The SMILES string of the molecule is CC(C)C[C@H](NC(=O)[C@@H](CC(C)C)NC(=O)[C@H](Cc1ccccc1)NC(=O)[C@@H](N)CO)C(=O)N[C@@H](CCCN=C(N)N)C(=O)N[C@@H](CC(N)=O)C(=O)N1CCC[C@H]1C(=O)O. The molecule has 1 saturated heterocycles. The summed E-state index contributed by atoms with van der Waals surface area (Å²) < 4.78 is 0. The van der Waals surface area contributed by atoms with Crippen LogP contribution in [0.25, 0.3) is 0 Å². The Morgan fingerprint density at radius 1 is 0.750 bits per heavy atom. The molecular formula is C39H63N11O10. The number of nitrogens with zero attached hydrogens (tertiary/aromatic N) is 2. The van der Waals surface area contributed by atoms with E-state index in [1.54, 1.807) is 44.2 Å². The predicted molar refractivity (Wildman–Crippen MR) is 220 cm³/mol. The van der Waals surface area contributed by atoms with E-state index < -0.39 is 103 Å². The van der Waals surface area contributed by atoms with Crippen LogP contribution in [0.4, 0.5) is 0 Å². The van der Waals surface area contributed by atoms with Crippen molar-refractivity contribution in [2.24, 2.45) is 39.8 Å². The van der Waals surface area contributed by atoms with Gasteiger partial charge in [-0.15, -0.1) is 0 Å². The van der Waals surface area contributed by atoms with Gasteiger partial charge in [-0.3, -0.25) is 38.6 Å². The summed E-state index contributed by atoms with van der Waals surface area (Å²) in [7, 11) is 0.